The van der Waals surface area contributed by atoms with Gasteiger partial charge in [0.2, 0.25) is 0 Å². The molecule has 0 aliphatic carbocycles. The van der Waals surface area contributed by atoms with Crippen LogP contribution in [0.15, 0.2) is 12.1 Å². The topological polar surface area (TPSA) is 80.5 Å². The molecule has 6 heteroatoms. The molecule has 2 rings (SSSR count). The number of benzene rings is 1. The standard InChI is InChI=1S/C14H15FN2O3/c15-13-9(6-16)3-4-10-7-17(14(20)12(10)13)11(8-19)2-1-5-18/h3-5,8,11H,1-2,6-7,16H2. The molecule has 1 aromatic rings. The summed E-state index contributed by atoms with van der Waals surface area (Å²) in [7, 11) is 0. The normalized spacial score (nSPS) is 15.1. The number of halogens is 1. The Kier molecular flexibility index (Phi) is 4.24. The average molecular weight is 278 g/mol. The van der Waals surface area contributed by atoms with Crippen molar-refractivity contribution in [3.63, 3.8) is 0 Å². The third-order valence-corrected chi connectivity index (χ3v) is 3.48. The van der Waals surface area contributed by atoms with Crippen molar-refractivity contribution in [2.45, 2.75) is 32.0 Å². The average Bonchev–Trinajstić information content (AvgIpc) is 2.78. The minimum Gasteiger partial charge on any atom is -0.326 e. The number of nitrogens with zero attached hydrogens (tertiary/aromatic N) is 1. The first-order chi connectivity index (χ1) is 9.63. The second-order valence-corrected chi connectivity index (χ2v) is 4.66. The number of amides is 1. The highest BCUT2D eigenvalue weighted by atomic mass is 19.1. The number of fused-ring (bicyclic) bond motifs is 1. The third kappa shape index (κ3) is 2.34. The monoisotopic (exact) mass is 278 g/mol. The van der Waals surface area contributed by atoms with E-state index < -0.39 is 17.8 Å². The number of hydrogen-bond acceptors (Lipinski definition) is 4. The fraction of sp³-hybridized carbons (Fsp3) is 0.357. The van der Waals surface area contributed by atoms with Gasteiger partial charge >= 0.3 is 0 Å². The van der Waals surface area contributed by atoms with Crippen molar-refractivity contribution in [2.75, 3.05) is 0 Å². The lowest BCUT2D eigenvalue weighted by molar-refractivity contribution is -0.112. The molecule has 1 amide bonds. The molecular formula is C14H15FN2O3. The molecule has 0 aromatic heterocycles. The molecule has 0 bridgehead atoms. The fourth-order valence-electron chi connectivity index (χ4n) is 2.38. The lowest BCUT2D eigenvalue weighted by atomic mass is 10.1. The van der Waals surface area contributed by atoms with Gasteiger partial charge in [0.25, 0.3) is 5.91 Å². The fourth-order valence-corrected chi connectivity index (χ4v) is 2.38. The van der Waals surface area contributed by atoms with Crippen molar-refractivity contribution in [1.29, 1.82) is 0 Å². The first kappa shape index (κ1) is 14.3. The molecule has 1 unspecified atom stereocenters. The summed E-state index contributed by atoms with van der Waals surface area (Å²) in [6, 6.07) is 2.49. The lowest BCUT2D eigenvalue weighted by Gasteiger charge is -2.22. The molecular weight excluding hydrogens is 263 g/mol. The summed E-state index contributed by atoms with van der Waals surface area (Å²) in [4.78, 5) is 35.0. The predicted molar refractivity (Wildman–Crippen MR) is 69.3 cm³/mol. The van der Waals surface area contributed by atoms with Gasteiger partial charge in [0.1, 0.15) is 18.4 Å². The number of carbonyl (C=O) groups excluding carboxylic acids is 3. The number of aldehydes is 2. The molecule has 0 fully saturated rings. The molecule has 0 saturated carbocycles. The van der Waals surface area contributed by atoms with Crippen molar-refractivity contribution in [1.82, 2.24) is 4.90 Å². The maximum Gasteiger partial charge on any atom is 0.258 e. The van der Waals surface area contributed by atoms with Crippen molar-refractivity contribution >= 4 is 18.5 Å². The predicted octanol–water partition coefficient (Wildman–Crippen LogP) is 0.787. The highest BCUT2D eigenvalue weighted by Crippen LogP contribution is 2.29. The number of nitrogens with two attached hydrogens (primary N) is 1. The van der Waals surface area contributed by atoms with Crippen LogP contribution in [0.2, 0.25) is 0 Å². The first-order valence-electron chi connectivity index (χ1n) is 6.34. The van der Waals surface area contributed by atoms with Crippen molar-refractivity contribution in [2.24, 2.45) is 5.73 Å². The summed E-state index contributed by atoms with van der Waals surface area (Å²) in [6.45, 7) is 0.187. The Labute approximate surface area is 115 Å². The summed E-state index contributed by atoms with van der Waals surface area (Å²) in [5.74, 6) is -1.13. The van der Waals surface area contributed by atoms with Crippen LogP contribution in [-0.4, -0.2) is 29.4 Å². The van der Waals surface area contributed by atoms with E-state index in [1.54, 1.807) is 12.1 Å². The van der Waals surface area contributed by atoms with Gasteiger partial charge in [-0.3, -0.25) is 4.79 Å². The SMILES string of the molecule is NCc1ccc2c(c1F)C(=O)N(C(C=O)CCC=O)C2. The molecule has 1 aliphatic heterocycles. The molecule has 1 atom stereocenters. The zero-order chi connectivity index (χ0) is 14.7. The van der Waals surface area contributed by atoms with Crippen LogP contribution in [0.5, 0.6) is 0 Å². The highest BCUT2D eigenvalue weighted by Gasteiger charge is 2.35. The van der Waals surface area contributed by atoms with E-state index in [0.29, 0.717) is 18.1 Å². The lowest BCUT2D eigenvalue weighted by Crippen LogP contribution is -2.37. The molecule has 5 nitrogen and oxygen atoms in total. The zero-order valence-corrected chi connectivity index (χ0v) is 10.8. The van der Waals surface area contributed by atoms with Gasteiger partial charge in [-0.2, -0.15) is 0 Å². The second kappa shape index (κ2) is 5.92. The molecule has 106 valence electrons. The molecule has 0 spiro atoms. The van der Waals surface area contributed by atoms with Gasteiger partial charge in [-0.1, -0.05) is 12.1 Å². The molecule has 1 aromatic carbocycles. The van der Waals surface area contributed by atoms with Gasteiger partial charge in [0.05, 0.1) is 11.6 Å². The summed E-state index contributed by atoms with van der Waals surface area (Å²) in [5.41, 5.74) is 6.22. The van der Waals surface area contributed by atoms with E-state index >= 15 is 0 Å². The van der Waals surface area contributed by atoms with E-state index in [-0.39, 0.29) is 37.1 Å². The van der Waals surface area contributed by atoms with Crippen molar-refractivity contribution in [3.05, 3.63) is 34.6 Å². The summed E-state index contributed by atoms with van der Waals surface area (Å²) in [6.07, 6.45) is 1.74. The van der Waals surface area contributed by atoms with E-state index in [9.17, 15) is 18.8 Å². The zero-order valence-electron chi connectivity index (χ0n) is 10.8. The highest BCUT2D eigenvalue weighted by molar-refractivity contribution is 6.00. The van der Waals surface area contributed by atoms with Crippen LogP contribution in [0, 0.1) is 5.82 Å². The van der Waals surface area contributed by atoms with E-state index in [0.717, 1.165) is 0 Å². The Hall–Kier alpha value is -2.08. The maximum absolute atomic E-state index is 14.1. The Bertz CT molecular complexity index is 560. The Morgan fingerprint density at radius 1 is 1.40 bits per heavy atom. The van der Waals surface area contributed by atoms with Crippen LogP contribution in [-0.2, 0) is 22.7 Å². The molecule has 2 N–H and O–H groups in total. The van der Waals surface area contributed by atoms with Crippen molar-refractivity contribution in [3.8, 4) is 0 Å². The van der Waals surface area contributed by atoms with Crippen LogP contribution in [0.3, 0.4) is 0 Å². The van der Waals surface area contributed by atoms with Gasteiger partial charge in [0, 0.05) is 25.1 Å². The van der Waals surface area contributed by atoms with E-state index in [1.807, 2.05) is 0 Å². The van der Waals surface area contributed by atoms with E-state index in [1.165, 1.54) is 4.90 Å². The number of carbonyl (C=O) groups is 3. The van der Waals surface area contributed by atoms with Gasteiger partial charge < -0.3 is 20.2 Å². The summed E-state index contributed by atoms with van der Waals surface area (Å²) >= 11 is 0. The summed E-state index contributed by atoms with van der Waals surface area (Å²) < 4.78 is 14.1. The quantitative estimate of drug-likeness (QED) is 0.780. The Balaban J connectivity index is 2.31. The number of rotatable bonds is 6. The van der Waals surface area contributed by atoms with E-state index in [4.69, 9.17) is 5.73 Å². The molecule has 0 saturated heterocycles. The molecule has 1 heterocycles. The minimum absolute atomic E-state index is 0.00842. The van der Waals surface area contributed by atoms with Gasteiger partial charge in [-0.25, -0.2) is 4.39 Å². The summed E-state index contributed by atoms with van der Waals surface area (Å²) in [5, 5.41) is 0. The van der Waals surface area contributed by atoms with Crippen LogP contribution in [0.1, 0.15) is 34.3 Å². The Morgan fingerprint density at radius 2 is 2.15 bits per heavy atom. The largest absolute Gasteiger partial charge is 0.326 e. The van der Waals surface area contributed by atoms with Gasteiger partial charge in [-0.15, -0.1) is 0 Å². The second-order valence-electron chi connectivity index (χ2n) is 4.66. The third-order valence-electron chi connectivity index (χ3n) is 3.48. The van der Waals surface area contributed by atoms with Crippen LogP contribution in [0.4, 0.5) is 4.39 Å². The van der Waals surface area contributed by atoms with Crippen LogP contribution in [0.25, 0.3) is 0 Å². The van der Waals surface area contributed by atoms with Gasteiger partial charge in [-0.05, 0) is 12.0 Å². The van der Waals surface area contributed by atoms with Crippen LogP contribution < -0.4 is 5.73 Å². The molecule has 1 aliphatic rings. The van der Waals surface area contributed by atoms with Crippen LogP contribution >= 0.6 is 0 Å². The van der Waals surface area contributed by atoms with Crippen molar-refractivity contribution < 1.29 is 18.8 Å². The van der Waals surface area contributed by atoms with E-state index in [2.05, 4.69) is 0 Å². The first-order valence-corrected chi connectivity index (χ1v) is 6.34. The number of hydrogen-bond donors (Lipinski definition) is 1. The molecule has 0 radical (unpaired) electrons. The maximum atomic E-state index is 14.1. The van der Waals surface area contributed by atoms with Gasteiger partial charge in [0.15, 0.2) is 0 Å². The smallest absolute Gasteiger partial charge is 0.258 e. The molecule has 20 heavy (non-hydrogen) atoms. The Morgan fingerprint density at radius 3 is 2.75 bits per heavy atom. The minimum atomic E-state index is -0.708.